The number of rotatable bonds is 10. The molecule has 0 radical (unpaired) electrons. The summed E-state index contributed by atoms with van der Waals surface area (Å²) in [4.78, 5) is 84.8. The van der Waals surface area contributed by atoms with Crippen molar-refractivity contribution in [2.45, 2.75) is 65.2 Å². The third-order valence-electron chi connectivity index (χ3n) is 9.67. The van der Waals surface area contributed by atoms with E-state index < -0.39 is 46.4 Å². The van der Waals surface area contributed by atoms with Crippen molar-refractivity contribution in [3.63, 3.8) is 0 Å². The highest BCUT2D eigenvalue weighted by molar-refractivity contribution is 6.13. The second kappa shape index (κ2) is 13.1. The predicted octanol–water partition coefficient (Wildman–Crippen LogP) is 4.19. The topological polar surface area (TPSA) is 134 Å². The van der Waals surface area contributed by atoms with Crippen molar-refractivity contribution in [3.8, 4) is 0 Å². The van der Waals surface area contributed by atoms with Crippen molar-refractivity contribution in [2.75, 3.05) is 18.0 Å². The second-order valence-corrected chi connectivity index (χ2v) is 13.6. The van der Waals surface area contributed by atoms with Gasteiger partial charge in [-0.05, 0) is 62.6 Å². The van der Waals surface area contributed by atoms with Gasteiger partial charge < -0.3 is 14.6 Å². The van der Waals surface area contributed by atoms with Crippen molar-refractivity contribution in [2.24, 2.45) is 0 Å². The van der Waals surface area contributed by atoms with Gasteiger partial charge in [-0.1, -0.05) is 48.2 Å². The van der Waals surface area contributed by atoms with Gasteiger partial charge in [0.25, 0.3) is 23.6 Å². The smallest absolute Gasteiger partial charge is 0.337 e. The van der Waals surface area contributed by atoms with Crippen LogP contribution in [0, 0.1) is 0 Å². The molecular formula is C39H39N4O8+. The van der Waals surface area contributed by atoms with Crippen LogP contribution in [0.15, 0.2) is 84.6 Å². The minimum Gasteiger partial charge on any atom is -0.344 e. The van der Waals surface area contributed by atoms with Crippen LogP contribution in [0.2, 0.25) is 0 Å². The van der Waals surface area contributed by atoms with Gasteiger partial charge in [0.15, 0.2) is 5.71 Å². The van der Waals surface area contributed by atoms with Crippen LogP contribution in [-0.2, 0) is 62.1 Å². The molecule has 4 amide bonds. The molecule has 0 aromatic heterocycles. The van der Waals surface area contributed by atoms with Gasteiger partial charge >= 0.3 is 11.9 Å². The van der Waals surface area contributed by atoms with E-state index in [1.165, 1.54) is 0 Å². The average molecular weight is 692 g/mol. The van der Waals surface area contributed by atoms with Crippen molar-refractivity contribution in [1.82, 2.24) is 10.1 Å². The number of imide groups is 2. The average Bonchev–Trinajstić information content (AvgIpc) is 3.71. The number of hydrogen-bond donors (Lipinski definition) is 0. The van der Waals surface area contributed by atoms with Crippen LogP contribution >= 0.6 is 0 Å². The summed E-state index contributed by atoms with van der Waals surface area (Å²) in [7, 11) is 0. The SMILES string of the molecule is CCN1/C(=C\C=C\C2=[N+](CC)c3ccc(CC(=O)ON4C(=O)C=CC4=O)cc3C2(C)C)C(C)(C)c2cc(CC(=O)ON3C(=O)C=CC3=O)ccc21. The highest BCUT2D eigenvalue weighted by atomic mass is 16.7. The molecule has 12 nitrogen and oxygen atoms in total. The Morgan fingerprint density at radius 1 is 0.725 bits per heavy atom. The van der Waals surface area contributed by atoms with E-state index in [9.17, 15) is 28.8 Å². The minimum absolute atomic E-state index is 0.107. The summed E-state index contributed by atoms with van der Waals surface area (Å²) < 4.78 is 2.25. The third kappa shape index (κ3) is 6.22. The number of amides is 4. The zero-order valence-electron chi connectivity index (χ0n) is 29.4. The van der Waals surface area contributed by atoms with Gasteiger partial charge in [-0.3, -0.25) is 19.2 Å². The third-order valence-corrected chi connectivity index (χ3v) is 9.67. The van der Waals surface area contributed by atoms with E-state index in [0.717, 1.165) is 71.3 Å². The van der Waals surface area contributed by atoms with Gasteiger partial charge in [0.1, 0.15) is 6.54 Å². The molecule has 0 saturated heterocycles. The molecule has 2 aromatic carbocycles. The number of likely N-dealkylation sites (N-methyl/N-ethyl adjacent to an activating group) is 1. The number of fused-ring (bicyclic) bond motifs is 2. The number of nitrogens with zero attached hydrogens (tertiary/aromatic N) is 4. The lowest BCUT2D eigenvalue weighted by Gasteiger charge is -2.25. The van der Waals surface area contributed by atoms with Gasteiger partial charge in [0, 0.05) is 65.4 Å². The van der Waals surface area contributed by atoms with Crippen LogP contribution in [0.1, 0.15) is 63.8 Å². The molecular weight excluding hydrogens is 652 g/mol. The zero-order valence-corrected chi connectivity index (χ0v) is 29.4. The first-order chi connectivity index (χ1) is 24.2. The molecule has 4 aliphatic heterocycles. The fourth-order valence-electron chi connectivity index (χ4n) is 7.13. The zero-order chi connectivity index (χ0) is 36.8. The molecule has 4 heterocycles. The van der Waals surface area contributed by atoms with Crippen LogP contribution in [0.4, 0.5) is 11.4 Å². The Kier molecular flexibility index (Phi) is 8.96. The Morgan fingerprint density at radius 2 is 1.24 bits per heavy atom. The molecule has 0 saturated carbocycles. The van der Waals surface area contributed by atoms with Crippen molar-refractivity contribution in [3.05, 3.63) is 107 Å². The number of benzene rings is 2. The lowest BCUT2D eigenvalue weighted by atomic mass is 9.80. The number of hydrogen-bond acceptors (Lipinski definition) is 9. The molecule has 12 heteroatoms. The molecule has 2 aromatic rings. The summed E-state index contributed by atoms with van der Waals surface area (Å²) in [6.45, 7) is 14.2. The largest absolute Gasteiger partial charge is 0.344 e. The van der Waals surface area contributed by atoms with Gasteiger partial charge in [0.2, 0.25) is 5.69 Å². The Morgan fingerprint density at radius 3 is 1.75 bits per heavy atom. The van der Waals surface area contributed by atoms with Crippen LogP contribution in [0.5, 0.6) is 0 Å². The Hall–Kier alpha value is -5.91. The standard InChI is InChI=1S/C39H39N4O8/c1-7-40-28-14-12-24(22-36(48)50-42-32(44)16-17-33(42)45)20-26(28)38(3,4)30(40)10-9-11-31-39(5,6)27-21-25(13-15-29(27)41(31)8-2)23-37(49)51-43-34(46)18-19-35(43)47/h9-21H,7-8,22-23H2,1-6H3/q+1. The van der Waals surface area contributed by atoms with Gasteiger partial charge in [0.05, 0.1) is 18.3 Å². The molecule has 0 aliphatic carbocycles. The van der Waals surface area contributed by atoms with E-state index in [1.54, 1.807) is 0 Å². The van der Waals surface area contributed by atoms with Gasteiger partial charge in [-0.2, -0.15) is 4.58 Å². The molecule has 0 spiro atoms. The van der Waals surface area contributed by atoms with Crippen LogP contribution in [0.3, 0.4) is 0 Å². The van der Waals surface area contributed by atoms with Gasteiger partial charge in [-0.15, -0.1) is 0 Å². The number of allylic oxidation sites excluding steroid dienone is 4. The van der Waals surface area contributed by atoms with E-state index in [-0.39, 0.29) is 12.8 Å². The van der Waals surface area contributed by atoms with Crippen LogP contribution in [0.25, 0.3) is 0 Å². The summed E-state index contributed by atoms with van der Waals surface area (Å²) in [5, 5.41) is 0.927. The monoisotopic (exact) mass is 691 g/mol. The number of carbonyl (C=O) groups excluding carboxylic acids is 6. The fourth-order valence-corrected chi connectivity index (χ4v) is 7.13. The second-order valence-electron chi connectivity index (χ2n) is 13.6. The number of carbonyl (C=O) groups is 6. The quantitative estimate of drug-likeness (QED) is 0.266. The molecule has 262 valence electrons. The highest BCUT2D eigenvalue weighted by Crippen LogP contribution is 2.48. The van der Waals surface area contributed by atoms with Gasteiger partial charge in [-0.25, -0.2) is 9.59 Å². The summed E-state index contributed by atoms with van der Waals surface area (Å²) >= 11 is 0. The number of hydroxylamine groups is 4. The predicted molar refractivity (Wildman–Crippen MR) is 186 cm³/mol. The molecule has 0 fully saturated rings. The molecule has 0 unspecified atom stereocenters. The van der Waals surface area contributed by atoms with E-state index in [4.69, 9.17) is 9.68 Å². The Labute approximate surface area is 295 Å². The molecule has 0 atom stereocenters. The first-order valence-corrected chi connectivity index (χ1v) is 16.8. The van der Waals surface area contributed by atoms with Crippen molar-refractivity contribution >= 4 is 52.7 Å². The van der Waals surface area contributed by atoms with E-state index in [0.29, 0.717) is 21.3 Å². The molecule has 0 N–H and O–H groups in total. The normalized spacial score (nSPS) is 19.3. The molecule has 51 heavy (non-hydrogen) atoms. The lowest BCUT2D eigenvalue weighted by molar-refractivity contribution is -0.433. The summed E-state index contributed by atoms with van der Waals surface area (Å²) in [6.07, 6.45) is 10.3. The first-order valence-electron chi connectivity index (χ1n) is 16.8. The fraction of sp³-hybridized carbons (Fsp3) is 0.308. The van der Waals surface area contributed by atoms with E-state index in [1.807, 2.05) is 36.4 Å². The first kappa shape index (κ1) is 34.9. The van der Waals surface area contributed by atoms with Crippen LogP contribution in [-0.4, -0.2) is 69.1 Å². The summed E-state index contributed by atoms with van der Waals surface area (Å²) in [6, 6.07) is 11.6. The van der Waals surface area contributed by atoms with Crippen molar-refractivity contribution in [1.29, 1.82) is 0 Å². The van der Waals surface area contributed by atoms with E-state index in [2.05, 4.69) is 69.2 Å². The Balaban J connectivity index is 1.20. The highest BCUT2D eigenvalue weighted by Gasteiger charge is 2.44. The minimum atomic E-state index is -0.709. The molecule has 6 rings (SSSR count). The lowest BCUT2D eigenvalue weighted by Crippen LogP contribution is -2.33. The summed E-state index contributed by atoms with van der Waals surface area (Å²) in [5.41, 5.74) is 6.90. The maximum absolute atomic E-state index is 12.6. The van der Waals surface area contributed by atoms with E-state index >= 15 is 0 Å². The maximum Gasteiger partial charge on any atom is 0.337 e. The summed E-state index contributed by atoms with van der Waals surface area (Å²) in [5.74, 6) is -4.17. The van der Waals surface area contributed by atoms with Crippen LogP contribution < -0.4 is 4.90 Å². The number of anilines is 1. The molecule has 4 aliphatic rings. The Bertz CT molecular complexity index is 2030. The maximum atomic E-state index is 12.6. The molecule has 0 bridgehead atoms. The van der Waals surface area contributed by atoms with Crippen molar-refractivity contribution < 1.29 is 43.0 Å².